The van der Waals surface area contributed by atoms with Crippen LogP contribution in [0.4, 0.5) is 0 Å². The SMILES string of the molecule is CCCCCC(C)(C)N1CC(C)(C)NC2(CCCCC2)C1=O. The summed E-state index contributed by atoms with van der Waals surface area (Å²) >= 11 is 0. The van der Waals surface area contributed by atoms with Crippen molar-refractivity contribution in [1.29, 1.82) is 0 Å². The van der Waals surface area contributed by atoms with E-state index in [0.717, 1.165) is 25.8 Å². The zero-order chi connectivity index (χ0) is 16.4. The Kier molecular flexibility index (Phi) is 5.26. The molecule has 1 spiro atoms. The predicted octanol–water partition coefficient (Wildman–Crippen LogP) is 4.26. The highest BCUT2D eigenvalue weighted by molar-refractivity contribution is 5.88. The molecule has 128 valence electrons. The lowest BCUT2D eigenvalue weighted by molar-refractivity contribution is -0.155. The Balaban J connectivity index is 2.20. The van der Waals surface area contributed by atoms with Crippen LogP contribution < -0.4 is 5.32 Å². The molecule has 0 radical (unpaired) electrons. The molecular weight excluding hydrogens is 272 g/mol. The van der Waals surface area contributed by atoms with Crippen molar-refractivity contribution < 1.29 is 4.79 Å². The highest BCUT2D eigenvalue weighted by atomic mass is 16.2. The van der Waals surface area contributed by atoms with Crippen LogP contribution >= 0.6 is 0 Å². The summed E-state index contributed by atoms with van der Waals surface area (Å²) < 4.78 is 0. The smallest absolute Gasteiger partial charge is 0.243 e. The van der Waals surface area contributed by atoms with E-state index in [0.29, 0.717) is 5.91 Å². The maximum atomic E-state index is 13.3. The van der Waals surface area contributed by atoms with Gasteiger partial charge >= 0.3 is 0 Å². The number of hydrogen-bond donors (Lipinski definition) is 1. The fourth-order valence-electron chi connectivity index (χ4n) is 4.39. The normalized spacial score (nSPS) is 24.8. The Morgan fingerprint density at radius 1 is 1.14 bits per heavy atom. The predicted molar refractivity (Wildman–Crippen MR) is 93.0 cm³/mol. The molecule has 2 rings (SSSR count). The van der Waals surface area contributed by atoms with Crippen LogP contribution in [0.5, 0.6) is 0 Å². The van der Waals surface area contributed by atoms with Gasteiger partial charge in [-0.25, -0.2) is 0 Å². The van der Waals surface area contributed by atoms with Crippen molar-refractivity contribution in [3.05, 3.63) is 0 Å². The summed E-state index contributed by atoms with van der Waals surface area (Å²) in [6, 6.07) is 0. The third kappa shape index (κ3) is 3.67. The van der Waals surface area contributed by atoms with E-state index in [2.05, 4.69) is 44.8 Å². The van der Waals surface area contributed by atoms with Gasteiger partial charge in [0.1, 0.15) is 0 Å². The summed E-state index contributed by atoms with van der Waals surface area (Å²) in [6.07, 6.45) is 10.5. The molecule has 2 fully saturated rings. The average molecular weight is 309 g/mol. The lowest BCUT2D eigenvalue weighted by atomic mass is 9.75. The first-order chi connectivity index (χ1) is 10.2. The van der Waals surface area contributed by atoms with Gasteiger partial charge in [0, 0.05) is 17.6 Å². The molecule has 3 nitrogen and oxygen atoms in total. The van der Waals surface area contributed by atoms with Crippen molar-refractivity contribution in [2.45, 2.75) is 109 Å². The van der Waals surface area contributed by atoms with Crippen molar-refractivity contribution >= 4 is 5.91 Å². The van der Waals surface area contributed by atoms with Crippen LogP contribution in [0.15, 0.2) is 0 Å². The summed E-state index contributed by atoms with van der Waals surface area (Å²) in [7, 11) is 0. The maximum Gasteiger partial charge on any atom is 0.243 e. The third-order valence-corrected chi connectivity index (χ3v) is 5.62. The molecule has 22 heavy (non-hydrogen) atoms. The second-order valence-electron chi connectivity index (χ2n) is 8.81. The summed E-state index contributed by atoms with van der Waals surface area (Å²) in [5.41, 5.74) is -0.314. The van der Waals surface area contributed by atoms with Crippen molar-refractivity contribution in [2.24, 2.45) is 0 Å². The molecule has 0 aromatic heterocycles. The van der Waals surface area contributed by atoms with Gasteiger partial charge < -0.3 is 4.90 Å². The summed E-state index contributed by atoms with van der Waals surface area (Å²) in [5.74, 6) is 0.369. The fraction of sp³-hybridized carbons (Fsp3) is 0.947. The van der Waals surface area contributed by atoms with Crippen LogP contribution in [0.25, 0.3) is 0 Å². The van der Waals surface area contributed by atoms with E-state index in [4.69, 9.17) is 0 Å². The molecule has 0 atom stereocenters. The Hall–Kier alpha value is -0.570. The quantitative estimate of drug-likeness (QED) is 0.770. The van der Waals surface area contributed by atoms with Crippen molar-refractivity contribution in [3.8, 4) is 0 Å². The summed E-state index contributed by atoms with van der Waals surface area (Å²) in [4.78, 5) is 15.5. The van der Waals surface area contributed by atoms with Gasteiger partial charge in [0.25, 0.3) is 0 Å². The van der Waals surface area contributed by atoms with E-state index in [-0.39, 0.29) is 16.6 Å². The topological polar surface area (TPSA) is 32.3 Å². The van der Waals surface area contributed by atoms with E-state index in [9.17, 15) is 4.79 Å². The largest absolute Gasteiger partial charge is 0.334 e. The van der Waals surface area contributed by atoms with E-state index >= 15 is 0 Å². The third-order valence-electron chi connectivity index (χ3n) is 5.62. The first kappa shape index (κ1) is 17.8. The van der Waals surface area contributed by atoms with E-state index in [1.807, 2.05) is 0 Å². The number of carbonyl (C=O) groups is 1. The van der Waals surface area contributed by atoms with Crippen LogP contribution in [-0.2, 0) is 4.79 Å². The van der Waals surface area contributed by atoms with Crippen molar-refractivity contribution in [2.75, 3.05) is 6.54 Å². The molecular formula is C19H36N2O. The molecule has 1 heterocycles. The second kappa shape index (κ2) is 6.51. The Morgan fingerprint density at radius 2 is 1.77 bits per heavy atom. The second-order valence-corrected chi connectivity index (χ2v) is 8.81. The van der Waals surface area contributed by atoms with Gasteiger partial charge in [0.15, 0.2) is 0 Å². The standard InChI is InChI=1S/C19H36N2O/c1-6-7-9-12-18(4,5)21-15-17(2,3)20-19(16(21)22)13-10-8-11-14-19/h20H,6-15H2,1-5H3. The molecule has 2 aliphatic rings. The molecule has 1 aliphatic heterocycles. The molecule has 1 N–H and O–H groups in total. The van der Waals surface area contributed by atoms with Gasteiger partial charge in [-0.3, -0.25) is 10.1 Å². The first-order valence-corrected chi connectivity index (χ1v) is 9.34. The van der Waals surface area contributed by atoms with E-state index in [1.54, 1.807) is 0 Å². The lowest BCUT2D eigenvalue weighted by Gasteiger charge is -2.56. The number of carbonyl (C=O) groups excluding carboxylic acids is 1. The van der Waals surface area contributed by atoms with Crippen LogP contribution in [-0.4, -0.2) is 34.0 Å². The number of unbranched alkanes of at least 4 members (excludes halogenated alkanes) is 2. The minimum absolute atomic E-state index is 0.00722. The molecule has 0 bridgehead atoms. The van der Waals surface area contributed by atoms with Gasteiger partial charge in [-0.05, 0) is 47.0 Å². The van der Waals surface area contributed by atoms with Gasteiger partial charge in [-0.2, -0.15) is 0 Å². The average Bonchev–Trinajstić information content (AvgIpc) is 2.43. The van der Waals surface area contributed by atoms with Gasteiger partial charge in [-0.15, -0.1) is 0 Å². The fourth-order valence-corrected chi connectivity index (χ4v) is 4.39. The van der Waals surface area contributed by atoms with Crippen molar-refractivity contribution in [3.63, 3.8) is 0 Å². The number of rotatable bonds is 5. The van der Waals surface area contributed by atoms with E-state index in [1.165, 1.54) is 38.5 Å². The molecule has 0 aromatic carbocycles. The Bertz CT molecular complexity index is 394. The number of hydrogen-bond acceptors (Lipinski definition) is 2. The zero-order valence-electron chi connectivity index (χ0n) is 15.4. The summed E-state index contributed by atoms with van der Waals surface area (Å²) in [5, 5.41) is 3.74. The van der Waals surface area contributed by atoms with Crippen LogP contribution in [0, 0.1) is 0 Å². The molecule has 1 aliphatic carbocycles. The molecule has 1 saturated carbocycles. The number of piperazine rings is 1. The molecule has 3 heteroatoms. The van der Waals surface area contributed by atoms with Gasteiger partial charge in [0.05, 0.1) is 5.54 Å². The molecule has 1 saturated heterocycles. The minimum Gasteiger partial charge on any atom is -0.334 e. The highest BCUT2D eigenvalue weighted by Gasteiger charge is 2.52. The van der Waals surface area contributed by atoms with Crippen LogP contribution in [0.2, 0.25) is 0 Å². The van der Waals surface area contributed by atoms with Crippen molar-refractivity contribution in [1.82, 2.24) is 10.2 Å². The Morgan fingerprint density at radius 3 is 2.36 bits per heavy atom. The van der Waals surface area contributed by atoms with Crippen LogP contribution in [0.1, 0.15) is 92.4 Å². The summed E-state index contributed by atoms with van der Waals surface area (Å²) in [6.45, 7) is 12.1. The monoisotopic (exact) mass is 308 g/mol. The van der Waals surface area contributed by atoms with Crippen LogP contribution in [0.3, 0.4) is 0 Å². The molecule has 0 unspecified atom stereocenters. The van der Waals surface area contributed by atoms with E-state index < -0.39 is 0 Å². The highest BCUT2D eigenvalue weighted by Crippen LogP contribution is 2.38. The number of amides is 1. The van der Waals surface area contributed by atoms with Gasteiger partial charge in [0.2, 0.25) is 5.91 Å². The first-order valence-electron chi connectivity index (χ1n) is 9.34. The minimum atomic E-state index is -0.290. The zero-order valence-corrected chi connectivity index (χ0v) is 15.4. The number of nitrogens with zero attached hydrogens (tertiary/aromatic N) is 1. The number of nitrogens with one attached hydrogen (secondary N) is 1. The molecule has 0 aromatic rings. The Labute approximate surface area is 137 Å². The van der Waals surface area contributed by atoms with Gasteiger partial charge in [-0.1, -0.05) is 45.4 Å². The lowest BCUT2D eigenvalue weighted by Crippen LogP contribution is -2.75. The molecule has 1 amide bonds. The maximum absolute atomic E-state index is 13.3.